The number of hydrogen-bond acceptors (Lipinski definition) is 5. The number of hydrogen-bond donors (Lipinski definition) is 3. The van der Waals surface area contributed by atoms with Crippen LogP contribution in [0.4, 0.5) is 11.4 Å². The topological polar surface area (TPSA) is 120 Å². The van der Waals surface area contributed by atoms with Gasteiger partial charge in [0.05, 0.1) is 4.92 Å². The van der Waals surface area contributed by atoms with Crippen molar-refractivity contribution in [3.63, 3.8) is 0 Å². The molecule has 32 heavy (non-hydrogen) atoms. The first-order valence-corrected chi connectivity index (χ1v) is 10.7. The predicted octanol–water partition coefficient (Wildman–Crippen LogP) is 3.23. The smallest absolute Gasteiger partial charge is 0.293 e. The molecule has 1 fully saturated rings. The summed E-state index contributed by atoms with van der Waals surface area (Å²) in [5, 5.41) is 18.0. The summed E-state index contributed by atoms with van der Waals surface area (Å²) in [7, 11) is 0. The molecule has 4 rings (SSSR count). The van der Waals surface area contributed by atoms with Crippen molar-refractivity contribution in [2.45, 2.75) is 19.3 Å². The van der Waals surface area contributed by atoms with E-state index in [1.165, 1.54) is 6.07 Å². The average Bonchev–Trinajstić information content (AvgIpc) is 3.48. The first-order chi connectivity index (χ1) is 15.5. The van der Waals surface area contributed by atoms with E-state index in [0.29, 0.717) is 30.9 Å². The van der Waals surface area contributed by atoms with Crippen molar-refractivity contribution >= 4 is 34.1 Å². The van der Waals surface area contributed by atoms with Gasteiger partial charge in [-0.25, -0.2) is 0 Å². The Labute approximate surface area is 184 Å². The molecule has 1 aromatic heterocycles. The lowest BCUT2D eigenvalue weighted by atomic mass is 10.1. The number of aromatic nitrogens is 1. The summed E-state index contributed by atoms with van der Waals surface area (Å²) < 4.78 is 0. The largest absolute Gasteiger partial charge is 0.366 e. The van der Waals surface area contributed by atoms with Gasteiger partial charge in [0.2, 0.25) is 0 Å². The Bertz CT molecular complexity index is 1120. The van der Waals surface area contributed by atoms with Gasteiger partial charge in [0.25, 0.3) is 17.5 Å². The maximum absolute atomic E-state index is 12.4. The average molecular weight is 435 g/mol. The molecule has 0 atom stereocenters. The van der Waals surface area contributed by atoms with Crippen LogP contribution < -0.4 is 15.5 Å². The van der Waals surface area contributed by atoms with Crippen molar-refractivity contribution in [3.05, 3.63) is 69.9 Å². The molecule has 1 saturated heterocycles. The van der Waals surface area contributed by atoms with Crippen LogP contribution in [0.15, 0.2) is 48.5 Å². The van der Waals surface area contributed by atoms with Crippen LogP contribution in [0.2, 0.25) is 0 Å². The summed E-state index contributed by atoms with van der Waals surface area (Å²) >= 11 is 0. The number of fused-ring (bicyclic) bond motifs is 1. The molecule has 1 aliphatic heterocycles. The molecule has 2 aromatic carbocycles. The number of benzene rings is 2. The van der Waals surface area contributed by atoms with Crippen LogP contribution in [0.25, 0.3) is 10.9 Å². The Morgan fingerprint density at radius 1 is 1.00 bits per heavy atom. The predicted molar refractivity (Wildman–Crippen MR) is 122 cm³/mol. The monoisotopic (exact) mass is 435 g/mol. The summed E-state index contributed by atoms with van der Waals surface area (Å²) in [4.78, 5) is 40.8. The van der Waals surface area contributed by atoms with Crippen LogP contribution in [0, 0.1) is 10.1 Å². The number of H-pyrrole nitrogens is 1. The van der Waals surface area contributed by atoms with Crippen LogP contribution in [0.1, 0.15) is 40.1 Å². The summed E-state index contributed by atoms with van der Waals surface area (Å²) in [6.45, 7) is 2.31. The molecule has 0 spiro atoms. The normalized spacial score (nSPS) is 13.3. The Morgan fingerprint density at radius 3 is 2.44 bits per heavy atom. The minimum absolute atomic E-state index is 0.0508. The molecule has 0 radical (unpaired) electrons. The zero-order chi connectivity index (χ0) is 22.5. The molecule has 0 bridgehead atoms. The second-order valence-electron chi connectivity index (χ2n) is 7.79. The third kappa shape index (κ3) is 4.72. The number of carbonyl (C=O) groups is 2. The molecule has 9 nitrogen and oxygen atoms in total. The van der Waals surface area contributed by atoms with Gasteiger partial charge < -0.3 is 20.5 Å². The molecular formula is C23H25N5O4. The van der Waals surface area contributed by atoms with Crippen LogP contribution in [0.5, 0.6) is 0 Å². The molecule has 3 N–H and O–H groups in total. The number of amides is 2. The SMILES string of the molecule is O=C(NCCCNC(=O)c1cc2ccccc2[nH]1)c1ccc(N2CCCC2)c([N+](=O)[O-])c1. The highest BCUT2D eigenvalue weighted by Gasteiger charge is 2.23. The first kappa shape index (κ1) is 21.4. The van der Waals surface area contributed by atoms with E-state index in [1.807, 2.05) is 29.2 Å². The van der Waals surface area contributed by atoms with Crippen LogP contribution in [-0.2, 0) is 0 Å². The van der Waals surface area contributed by atoms with Crippen molar-refractivity contribution in [2.75, 3.05) is 31.1 Å². The molecule has 1 aliphatic rings. The summed E-state index contributed by atoms with van der Waals surface area (Å²) in [6.07, 6.45) is 2.55. The molecule has 2 amide bonds. The Balaban J connectivity index is 1.27. The molecule has 0 saturated carbocycles. The number of aromatic amines is 1. The number of anilines is 1. The Morgan fingerprint density at radius 2 is 1.72 bits per heavy atom. The molecule has 9 heteroatoms. The van der Waals surface area contributed by atoms with Crippen LogP contribution in [-0.4, -0.2) is 47.9 Å². The van der Waals surface area contributed by atoms with Gasteiger partial charge in [0, 0.05) is 48.7 Å². The van der Waals surface area contributed by atoms with E-state index < -0.39 is 4.92 Å². The van der Waals surface area contributed by atoms with Crippen molar-refractivity contribution < 1.29 is 14.5 Å². The molecule has 0 aliphatic carbocycles. The number of nitrogens with one attached hydrogen (secondary N) is 3. The lowest BCUT2D eigenvalue weighted by Crippen LogP contribution is -2.30. The van der Waals surface area contributed by atoms with Crippen molar-refractivity contribution in [3.8, 4) is 0 Å². The summed E-state index contributed by atoms with van der Waals surface area (Å²) in [6, 6.07) is 14.1. The summed E-state index contributed by atoms with van der Waals surface area (Å²) in [5.74, 6) is -0.580. The first-order valence-electron chi connectivity index (χ1n) is 10.7. The summed E-state index contributed by atoms with van der Waals surface area (Å²) in [5.41, 5.74) is 2.14. The van der Waals surface area contributed by atoms with Crippen LogP contribution in [0.3, 0.4) is 0 Å². The fraction of sp³-hybridized carbons (Fsp3) is 0.304. The van der Waals surface area contributed by atoms with Gasteiger partial charge in [-0.15, -0.1) is 0 Å². The third-order valence-electron chi connectivity index (χ3n) is 5.58. The second-order valence-corrected chi connectivity index (χ2v) is 7.79. The van der Waals surface area contributed by atoms with Crippen molar-refractivity contribution in [1.82, 2.24) is 15.6 Å². The highest BCUT2D eigenvalue weighted by atomic mass is 16.6. The number of nitrogens with zero attached hydrogens (tertiary/aromatic N) is 2. The van der Waals surface area contributed by atoms with E-state index in [2.05, 4.69) is 15.6 Å². The van der Waals surface area contributed by atoms with Gasteiger partial charge in [0.1, 0.15) is 11.4 Å². The highest BCUT2D eigenvalue weighted by molar-refractivity contribution is 5.98. The second kappa shape index (κ2) is 9.51. The maximum Gasteiger partial charge on any atom is 0.293 e. The van der Waals surface area contributed by atoms with E-state index in [1.54, 1.807) is 18.2 Å². The Kier molecular flexibility index (Phi) is 6.34. The number of nitro groups is 1. The minimum Gasteiger partial charge on any atom is -0.366 e. The fourth-order valence-corrected chi connectivity index (χ4v) is 3.92. The molecular weight excluding hydrogens is 410 g/mol. The number of para-hydroxylation sites is 1. The number of carbonyl (C=O) groups excluding carboxylic acids is 2. The zero-order valence-electron chi connectivity index (χ0n) is 17.6. The highest BCUT2D eigenvalue weighted by Crippen LogP contribution is 2.31. The van der Waals surface area contributed by atoms with Gasteiger partial charge in [-0.05, 0) is 43.5 Å². The van der Waals surface area contributed by atoms with Crippen molar-refractivity contribution in [1.29, 1.82) is 0 Å². The van der Waals surface area contributed by atoms with E-state index in [9.17, 15) is 19.7 Å². The molecule has 166 valence electrons. The maximum atomic E-state index is 12.4. The van der Waals surface area contributed by atoms with Gasteiger partial charge >= 0.3 is 0 Å². The van der Waals surface area contributed by atoms with E-state index in [4.69, 9.17) is 0 Å². The van der Waals surface area contributed by atoms with Gasteiger partial charge in [-0.1, -0.05) is 18.2 Å². The minimum atomic E-state index is -0.440. The zero-order valence-corrected chi connectivity index (χ0v) is 17.6. The standard InChI is InChI=1S/C23H25N5O4/c29-22(17-8-9-20(21(15-17)28(31)32)27-12-3-4-13-27)24-10-5-11-25-23(30)19-14-16-6-1-2-7-18(16)26-19/h1-2,6-9,14-15,26H,3-5,10-13H2,(H,24,29)(H,25,30). The number of nitro benzene ring substituents is 1. The van der Waals surface area contributed by atoms with Crippen LogP contribution >= 0.6 is 0 Å². The van der Waals surface area contributed by atoms with Gasteiger partial charge in [-0.2, -0.15) is 0 Å². The lowest BCUT2D eigenvalue weighted by Gasteiger charge is -2.17. The molecule has 0 unspecified atom stereocenters. The van der Waals surface area contributed by atoms with Gasteiger partial charge in [0.15, 0.2) is 0 Å². The quantitative estimate of drug-likeness (QED) is 0.285. The fourth-order valence-electron chi connectivity index (χ4n) is 3.92. The molecule has 2 heterocycles. The van der Waals surface area contributed by atoms with E-state index >= 15 is 0 Å². The lowest BCUT2D eigenvalue weighted by molar-refractivity contribution is -0.384. The van der Waals surface area contributed by atoms with Crippen molar-refractivity contribution in [2.24, 2.45) is 0 Å². The molecule has 3 aromatic rings. The third-order valence-corrected chi connectivity index (χ3v) is 5.58. The van der Waals surface area contributed by atoms with E-state index in [0.717, 1.165) is 36.8 Å². The number of rotatable bonds is 8. The van der Waals surface area contributed by atoms with Gasteiger partial charge in [-0.3, -0.25) is 19.7 Å². The van der Waals surface area contributed by atoms with E-state index in [-0.39, 0.29) is 23.1 Å². The Hall–Kier alpha value is -3.88.